The fourth-order valence-corrected chi connectivity index (χ4v) is 3.29. The van der Waals surface area contributed by atoms with Crippen molar-refractivity contribution in [3.8, 4) is 5.75 Å². The fraction of sp³-hybridized carbons (Fsp3) is 0.250. The molecule has 0 spiro atoms. The SMILES string of the molecule is COc1ccccc1C(OC)C(=O)NCCc1ccc(CNC(=O)c2nccnc2N)cc1. The number of rotatable bonds is 10. The monoisotopic (exact) mass is 449 g/mol. The second kappa shape index (κ2) is 11.6. The van der Waals surface area contributed by atoms with E-state index in [-0.39, 0.29) is 23.3 Å². The number of amides is 2. The van der Waals surface area contributed by atoms with Crippen molar-refractivity contribution in [1.82, 2.24) is 20.6 Å². The Hall–Kier alpha value is -3.98. The van der Waals surface area contributed by atoms with Crippen LogP contribution >= 0.6 is 0 Å². The quantitative estimate of drug-likeness (QED) is 0.432. The van der Waals surface area contributed by atoms with Crippen LogP contribution < -0.4 is 21.1 Å². The van der Waals surface area contributed by atoms with Crippen molar-refractivity contribution < 1.29 is 19.1 Å². The second-order valence-electron chi connectivity index (χ2n) is 7.19. The van der Waals surface area contributed by atoms with Crippen molar-refractivity contribution in [1.29, 1.82) is 0 Å². The number of nitrogens with two attached hydrogens (primary N) is 1. The van der Waals surface area contributed by atoms with Crippen molar-refractivity contribution in [2.45, 2.75) is 19.1 Å². The van der Waals surface area contributed by atoms with Gasteiger partial charge in [0.2, 0.25) is 0 Å². The lowest BCUT2D eigenvalue weighted by Crippen LogP contribution is -2.32. The molecule has 3 aromatic rings. The third-order valence-electron chi connectivity index (χ3n) is 5.03. The molecule has 0 aliphatic heterocycles. The Balaban J connectivity index is 1.48. The summed E-state index contributed by atoms with van der Waals surface area (Å²) in [5, 5.41) is 5.68. The summed E-state index contributed by atoms with van der Waals surface area (Å²) in [6.45, 7) is 0.788. The standard InChI is InChI=1S/C24H27N5O4/c1-32-19-6-4-3-5-18(19)21(33-2)24(31)28-12-11-16-7-9-17(10-8-16)15-29-23(30)20-22(25)27-14-13-26-20/h3-10,13-14,21H,11-12,15H2,1-2H3,(H2,25,27)(H,28,31)(H,29,30). The van der Waals surface area contributed by atoms with Gasteiger partial charge in [-0.3, -0.25) is 9.59 Å². The second-order valence-corrected chi connectivity index (χ2v) is 7.19. The summed E-state index contributed by atoms with van der Waals surface area (Å²) in [6, 6.07) is 15.0. The molecular formula is C24H27N5O4. The van der Waals surface area contributed by atoms with Crippen LogP contribution in [0.1, 0.15) is 33.3 Å². The molecule has 3 rings (SSSR count). The van der Waals surface area contributed by atoms with Crippen LogP contribution in [0.4, 0.5) is 5.82 Å². The van der Waals surface area contributed by atoms with Gasteiger partial charge in [0, 0.05) is 38.2 Å². The molecule has 0 fully saturated rings. The summed E-state index contributed by atoms with van der Waals surface area (Å²) in [5.74, 6) is 0.0812. The highest BCUT2D eigenvalue weighted by atomic mass is 16.5. The zero-order valence-corrected chi connectivity index (χ0v) is 18.6. The lowest BCUT2D eigenvalue weighted by molar-refractivity contribution is -0.131. The number of nitrogens with zero attached hydrogens (tertiary/aromatic N) is 2. The highest BCUT2D eigenvalue weighted by Crippen LogP contribution is 2.27. The van der Waals surface area contributed by atoms with E-state index in [0.717, 1.165) is 11.1 Å². The molecule has 0 bridgehead atoms. The molecule has 9 heteroatoms. The van der Waals surface area contributed by atoms with Crippen molar-refractivity contribution in [2.75, 3.05) is 26.5 Å². The van der Waals surface area contributed by atoms with E-state index in [1.165, 1.54) is 19.5 Å². The molecule has 172 valence electrons. The van der Waals surface area contributed by atoms with Crippen molar-refractivity contribution in [2.24, 2.45) is 0 Å². The van der Waals surface area contributed by atoms with Crippen LogP contribution in [-0.2, 0) is 22.5 Å². The Morgan fingerprint density at radius 2 is 1.67 bits per heavy atom. The Bertz CT molecular complexity index is 1090. The molecule has 0 saturated heterocycles. The number of hydrogen-bond acceptors (Lipinski definition) is 7. The van der Waals surface area contributed by atoms with Crippen LogP contribution in [0.2, 0.25) is 0 Å². The zero-order chi connectivity index (χ0) is 23.6. The first kappa shape index (κ1) is 23.7. The average Bonchev–Trinajstić information content (AvgIpc) is 2.84. The fourth-order valence-electron chi connectivity index (χ4n) is 3.29. The van der Waals surface area contributed by atoms with Gasteiger partial charge in [0.05, 0.1) is 7.11 Å². The van der Waals surface area contributed by atoms with Crippen LogP contribution in [0.25, 0.3) is 0 Å². The van der Waals surface area contributed by atoms with Gasteiger partial charge in [-0.2, -0.15) is 0 Å². The number of benzene rings is 2. The van der Waals surface area contributed by atoms with Crippen LogP contribution in [-0.4, -0.2) is 42.5 Å². The smallest absolute Gasteiger partial charge is 0.273 e. The normalized spacial score (nSPS) is 11.5. The molecule has 1 atom stereocenters. The zero-order valence-electron chi connectivity index (χ0n) is 18.6. The highest BCUT2D eigenvalue weighted by molar-refractivity contribution is 5.96. The van der Waals surface area contributed by atoms with E-state index in [2.05, 4.69) is 20.6 Å². The molecule has 0 aliphatic carbocycles. The molecule has 0 saturated carbocycles. The largest absolute Gasteiger partial charge is 0.496 e. The van der Waals surface area contributed by atoms with Crippen LogP contribution in [0.3, 0.4) is 0 Å². The van der Waals surface area contributed by atoms with Gasteiger partial charge in [0.1, 0.15) is 5.75 Å². The van der Waals surface area contributed by atoms with Crippen molar-refractivity contribution in [3.05, 3.63) is 83.3 Å². The molecule has 4 N–H and O–H groups in total. The molecule has 0 aliphatic rings. The maximum Gasteiger partial charge on any atom is 0.273 e. The number of hydrogen-bond donors (Lipinski definition) is 3. The number of nitrogens with one attached hydrogen (secondary N) is 2. The Morgan fingerprint density at radius 1 is 0.970 bits per heavy atom. The first-order chi connectivity index (χ1) is 16.0. The summed E-state index contributed by atoms with van der Waals surface area (Å²) in [4.78, 5) is 32.6. The van der Waals surface area contributed by atoms with E-state index in [1.54, 1.807) is 13.2 Å². The van der Waals surface area contributed by atoms with Gasteiger partial charge in [0.25, 0.3) is 11.8 Å². The maximum atomic E-state index is 12.6. The number of methoxy groups -OCH3 is 2. The van der Waals surface area contributed by atoms with E-state index in [4.69, 9.17) is 15.2 Å². The molecule has 33 heavy (non-hydrogen) atoms. The molecule has 9 nitrogen and oxygen atoms in total. The Kier molecular flexibility index (Phi) is 8.31. The van der Waals surface area contributed by atoms with Gasteiger partial charge in [0.15, 0.2) is 17.6 Å². The lowest BCUT2D eigenvalue weighted by atomic mass is 10.1. The number of aromatic nitrogens is 2. The van der Waals surface area contributed by atoms with E-state index >= 15 is 0 Å². The molecule has 2 amide bonds. The van der Waals surface area contributed by atoms with Crippen LogP contribution in [0, 0.1) is 0 Å². The summed E-state index contributed by atoms with van der Waals surface area (Å²) in [5.41, 5.74) is 8.43. The van der Waals surface area contributed by atoms with Crippen molar-refractivity contribution >= 4 is 17.6 Å². The summed E-state index contributed by atoms with van der Waals surface area (Å²) in [7, 11) is 3.05. The number of carbonyl (C=O) groups is 2. The van der Waals surface area contributed by atoms with Gasteiger partial charge in [-0.15, -0.1) is 0 Å². The third-order valence-corrected chi connectivity index (χ3v) is 5.03. The number of anilines is 1. The predicted molar refractivity (Wildman–Crippen MR) is 124 cm³/mol. The average molecular weight is 450 g/mol. The maximum absolute atomic E-state index is 12.6. The molecule has 0 radical (unpaired) electrons. The van der Waals surface area contributed by atoms with Crippen LogP contribution in [0.15, 0.2) is 60.9 Å². The van der Waals surface area contributed by atoms with Gasteiger partial charge in [-0.25, -0.2) is 9.97 Å². The summed E-state index contributed by atoms with van der Waals surface area (Å²) >= 11 is 0. The van der Waals surface area contributed by atoms with E-state index in [1.807, 2.05) is 42.5 Å². The number of nitrogen functional groups attached to an aromatic ring is 1. The molecule has 1 unspecified atom stereocenters. The predicted octanol–water partition coefficient (Wildman–Crippen LogP) is 2.04. The van der Waals surface area contributed by atoms with Gasteiger partial charge in [-0.1, -0.05) is 42.5 Å². The first-order valence-corrected chi connectivity index (χ1v) is 10.4. The molecule has 1 aromatic heterocycles. The van der Waals surface area contributed by atoms with Crippen LogP contribution in [0.5, 0.6) is 5.75 Å². The van der Waals surface area contributed by atoms with Gasteiger partial charge < -0.3 is 25.8 Å². The summed E-state index contributed by atoms with van der Waals surface area (Å²) in [6.07, 6.45) is 2.75. The highest BCUT2D eigenvalue weighted by Gasteiger charge is 2.23. The lowest BCUT2D eigenvalue weighted by Gasteiger charge is -2.18. The van der Waals surface area contributed by atoms with E-state index in [9.17, 15) is 9.59 Å². The number of ether oxygens (including phenoxy) is 2. The number of para-hydroxylation sites is 1. The van der Waals surface area contributed by atoms with Gasteiger partial charge >= 0.3 is 0 Å². The van der Waals surface area contributed by atoms with Crippen molar-refractivity contribution in [3.63, 3.8) is 0 Å². The van der Waals surface area contributed by atoms with E-state index < -0.39 is 6.10 Å². The number of carbonyl (C=O) groups excluding carboxylic acids is 2. The molecular weight excluding hydrogens is 422 g/mol. The minimum Gasteiger partial charge on any atom is -0.496 e. The summed E-state index contributed by atoms with van der Waals surface area (Å²) < 4.78 is 10.7. The minimum absolute atomic E-state index is 0.0915. The molecule has 1 heterocycles. The topological polar surface area (TPSA) is 128 Å². The Morgan fingerprint density at radius 3 is 2.36 bits per heavy atom. The molecule has 2 aromatic carbocycles. The Labute approximate surface area is 192 Å². The van der Waals surface area contributed by atoms with Gasteiger partial charge in [-0.05, 0) is 23.6 Å². The first-order valence-electron chi connectivity index (χ1n) is 10.4. The minimum atomic E-state index is -0.754. The third kappa shape index (κ3) is 6.27. The van der Waals surface area contributed by atoms with E-state index in [0.29, 0.717) is 30.8 Å².